The maximum absolute atomic E-state index is 13.6. The molecule has 0 aliphatic heterocycles. The lowest BCUT2D eigenvalue weighted by atomic mass is 10.1. The molecule has 0 fully saturated rings. The van der Waals surface area contributed by atoms with Crippen molar-refractivity contribution in [3.63, 3.8) is 0 Å². The first kappa shape index (κ1) is 15.6. The summed E-state index contributed by atoms with van der Waals surface area (Å²) in [5, 5.41) is 0. The largest absolute Gasteiger partial charge is 0.493 e. The van der Waals surface area contributed by atoms with E-state index in [0.29, 0.717) is 12.4 Å². The first-order chi connectivity index (χ1) is 9.19. The summed E-state index contributed by atoms with van der Waals surface area (Å²) in [7, 11) is 0. The number of nitrogens with two attached hydrogens (primary N) is 1. The molecule has 0 bridgehead atoms. The monoisotopic (exact) mass is 267 g/mol. The number of hydrogen-bond donors (Lipinski definition) is 1. The van der Waals surface area contributed by atoms with E-state index in [2.05, 4.69) is 6.92 Å². The molecule has 3 nitrogen and oxygen atoms in total. The first-order valence-electron chi connectivity index (χ1n) is 6.84. The summed E-state index contributed by atoms with van der Waals surface area (Å²) < 4.78 is 19.1. The van der Waals surface area contributed by atoms with Gasteiger partial charge < -0.3 is 10.5 Å². The molecule has 0 saturated carbocycles. The fourth-order valence-electron chi connectivity index (χ4n) is 1.82. The number of carbonyl (C=O) groups is 1. The Kier molecular flexibility index (Phi) is 7.11. The van der Waals surface area contributed by atoms with Gasteiger partial charge in [-0.3, -0.25) is 4.79 Å². The van der Waals surface area contributed by atoms with Crippen LogP contribution in [0, 0.1) is 5.82 Å². The van der Waals surface area contributed by atoms with Crippen molar-refractivity contribution in [3.05, 3.63) is 29.6 Å². The second-order valence-electron chi connectivity index (χ2n) is 4.53. The molecule has 106 valence electrons. The van der Waals surface area contributed by atoms with Gasteiger partial charge in [0.1, 0.15) is 11.6 Å². The number of halogens is 1. The zero-order valence-corrected chi connectivity index (χ0v) is 11.5. The molecule has 0 aliphatic rings. The number of ether oxygens (including phenoxy) is 1. The van der Waals surface area contributed by atoms with Gasteiger partial charge in [0.15, 0.2) is 5.78 Å². The quantitative estimate of drug-likeness (QED) is 0.551. The molecule has 0 aromatic heterocycles. The van der Waals surface area contributed by atoms with E-state index in [-0.39, 0.29) is 12.1 Å². The van der Waals surface area contributed by atoms with Crippen molar-refractivity contribution in [2.45, 2.75) is 39.0 Å². The minimum absolute atomic E-state index is 0.0257. The number of unbranched alkanes of at least 4 members (excludes halogenated alkanes) is 4. The number of Topliss-reactive ketones (excluding diaryl/α,β-unsaturated/α-hetero) is 1. The van der Waals surface area contributed by atoms with Gasteiger partial charge in [-0.2, -0.15) is 0 Å². The van der Waals surface area contributed by atoms with Crippen LogP contribution in [0.5, 0.6) is 5.75 Å². The molecule has 0 radical (unpaired) electrons. The lowest BCUT2D eigenvalue weighted by Gasteiger charge is -2.07. The maximum atomic E-state index is 13.6. The van der Waals surface area contributed by atoms with E-state index in [1.807, 2.05) is 0 Å². The Bertz CT molecular complexity index is 407. The van der Waals surface area contributed by atoms with Gasteiger partial charge in [0, 0.05) is 6.07 Å². The number of benzene rings is 1. The number of carbonyl (C=O) groups excluding carboxylic acids is 1. The summed E-state index contributed by atoms with van der Waals surface area (Å²) in [6.07, 6.45) is 5.75. The summed E-state index contributed by atoms with van der Waals surface area (Å²) in [5.74, 6) is -0.510. The van der Waals surface area contributed by atoms with Gasteiger partial charge in [-0.1, -0.05) is 32.6 Å². The highest BCUT2D eigenvalue weighted by Crippen LogP contribution is 2.17. The third-order valence-corrected chi connectivity index (χ3v) is 2.94. The van der Waals surface area contributed by atoms with E-state index in [4.69, 9.17) is 10.5 Å². The molecule has 0 unspecified atom stereocenters. The SMILES string of the molecule is CCCCCCCOc1ccc(C(=O)CN)c(F)c1. The fraction of sp³-hybridized carbons (Fsp3) is 0.533. The Balaban J connectivity index is 2.39. The molecule has 0 atom stereocenters. The van der Waals surface area contributed by atoms with Gasteiger partial charge in [0.05, 0.1) is 18.7 Å². The molecule has 0 amide bonds. The van der Waals surface area contributed by atoms with Crippen LogP contribution in [0.4, 0.5) is 4.39 Å². The lowest BCUT2D eigenvalue weighted by molar-refractivity contribution is 0.0997. The maximum Gasteiger partial charge on any atom is 0.179 e. The Labute approximate surface area is 113 Å². The highest BCUT2D eigenvalue weighted by Gasteiger charge is 2.10. The van der Waals surface area contributed by atoms with Gasteiger partial charge in [-0.05, 0) is 18.6 Å². The normalized spacial score (nSPS) is 10.5. The Morgan fingerprint density at radius 3 is 2.63 bits per heavy atom. The summed E-state index contributed by atoms with van der Waals surface area (Å²) in [6, 6.07) is 4.28. The topological polar surface area (TPSA) is 52.3 Å². The van der Waals surface area contributed by atoms with Gasteiger partial charge in [-0.25, -0.2) is 4.39 Å². The highest BCUT2D eigenvalue weighted by molar-refractivity contribution is 5.97. The van der Waals surface area contributed by atoms with Gasteiger partial charge >= 0.3 is 0 Å². The van der Waals surface area contributed by atoms with Crippen LogP contribution in [-0.4, -0.2) is 18.9 Å². The van der Waals surface area contributed by atoms with Crippen molar-refractivity contribution in [2.75, 3.05) is 13.2 Å². The second kappa shape index (κ2) is 8.64. The van der Waals surface area contributed by atoms with Crippen LogP contribution in [-0.2, 0) is 0 Å². The van der Waals surface area contributed by atoms with E-state index in [9.17, 15) is 9.18 Å². The Morgan fingerprint density at radius 1 is 1.26 bits per heavy atom. The average Bonchev–Trinajstić information content (AvgIpc) is 2.42. The van der Waals surface area contributed by atoms with E-state index in [0.717, 1.165) is 12.8 Å². The first-order valence-corrected chi connectivity index (χ1v) is 6.84. The number of rotatable bonds is 9. The van der Waals surface area contributed by atoms with E-state index < -0.39 is 11.6 Å². The van der Waals surface area contributed by atoms with Crippen LogP contribution in [0.25, 0.3) is 0 Å². The van der Waals surface area contributed by atoms with Crippen LogP contribution < -0.4 is 10.5 Å². The zero-order chi connectivity index (χ0) is 14.1. The average molecular weight is 267 g/mol. The third kappa shape index (κ3) is 5.39. The van der Waals surface area contributed by atoms with Gasteiger partial charge in [0.25, 0.3) is 0 Å². The minimum atomic E-state index is -0.570. The van der Waals surface area contributed by atoms with E-state index in [1.54, 1.807) is 6.07 Å². The predicted molar refractivity (Wildman–Crippen MR) is 74.0 cm³/mol. The van der Waals surface area contributed by atoms with Crippen molar-refractivity contribution in [3.8, 4) is 5.75 Å². The van der Waals surface area contributed by atoms with Crippen molar-refractivity contribution in [2.24, 2.45) is 5.73 Å². The standard InChI is InChI=1S/C15H22FNO2/c1-2-3-4-5-6-9-19-12-7-8-13(14(16)10-12)15(18)11-17/h7-8,10H,2-6,9,11,17H2,1H3. The molecule has 0 aliphatic carbocycles. The van der Waals surface area contributed by atoms with Crippen molar-refractivity contribution < 1.29 is 13.9 Å². The molecule has 1 rings (SSSR count). The predicted octanol–water partition coefficient (Wildman–Crippen LogP) is 3.32. The molecular weight excluding hydrogens is 245 g/mol. The van der Waals surface area contributed by atoms with E-state index in [1.165, 1.54) is 31.4 Å². The second-order valence-corrected chi connectivity index (χ2v) is 4.53. The van der Waals surface area contributed by atoms with Crippen LogP contribution >= 0.6 is 0 Å². The van der Waals surface area contributed by atoms with E-state index >= 15 is 0 Å². The summed E-state index contributed by atoms with van der Waals surface area (Å²) in [6.45, 7) is 2.56. The van der Waals surface area contributed by atoms with Gasteiger partial charge in [0.2, 0.25) is 0 Å². The smallest absolute Gasteiger partial charge is 0.179 e. The fourth-order valence-corrected chi connectivity index (χ4v) is 1.82. The summed E-state index contributed by atoms with van der Waals surface area (Å²) >= 11 is 0. The van der Waals surface area contributed by atoms with Crippen LogP contribution in [0.2, 0.25) is 0 Å². The van der Waals surface area contributed by atoms with Crippen molar-refractivity contribution >= 4 is 5.78 Å². The van der Waals surface area contributed by atoms with Crippen LogP contribution in [0.15, 0.2) is 18.2 Å². The molecule has 1 aromatic carbocycles. The Morgan fingerprint density at radius 2 is 2.00 bits per heavy atom. The molecule has 1 aromatic rings. The highest BCUT2D eigenvalue weighted by atomic mass is 19.1. The number of hydrogen-bond acceptors (Lipinski definition) is 3. The third-order valence-electron chi connectivity index (χ3n) is 2.94. The molecule has 2 N–H and O–H groups in total. The number of ketones is 1. The molecular formula is C15H22FNO2. The van der Waals surface area contributed by atoms with Crippen molar-refractivity contribution in [1.82, 2.24) is 0 Å². The molecule has 19 heavy (non-hydrogen) atoms. The molecule has 4 heteroatoms. The Hall–Kier alpha value is -1.42. The molecule has 0 spiro atoms. The van der Waals surface area contributed by atoms with Crippen LogP contribution in [0.3, 0.4) is 0 Å². The zero-order valence-electron chi connectivity index (χ0n) is 11.5. The summed E-state index contributed by atoms with van der Waals surface area (Å²) in [4.78, 5) is 11.3. The minimum Gasteiger partial charge on any atom is -0.493 e. The molecule has 0 saturated heterocycles. The summed E-state index contributed by atoms with van der Waals surface area (Å²) in [5.41, 5.74) is 5.23. The van der Waals surface area contributed by atoms with Crippen molar-refractivity contribution in [1.29, 1.82) is 0 Å². The van der Waals surface area contributed by atoms with Crippen LogP contribution in [0.1, 0.15) is 49.4 Å². The lowest BCUT2D eigenvalue weighted by Crippen LogP contribution is -2.15. The van der Waals surface area contributed by atoms with Gasteiger partial charge in [-0.15, -0.1) is 0 Å². The molecule has 0 heterocycles.